The van der Waals surface area contributed by atoms with Crippen molar-refractivity contribution in [3.05, 3.63) is 75.0 Å². The van der Waals surface area contributed by atoms with Crippen LogP contribution in [0.5, 0.6) is 5.75 Å². The third kappa shape index (κ3) is 3.41. The highest BCUT2D eigenvalue weighted by atomic mass is 35.5. The van der Waals surface area contributed by atoms with Gasteiger partial charge in [-0.05, 0) is 48.5 Å². The van der Waals surface area contributed by atoms with E-state index in [0.717, 1.165) is 5.39 Å². The summed E-state index contributed by atoms with van der Waals surface area (Å²) in [4.78, 5) is 27.0. The van der Waals surface area contributed by atoms with Gasteiger partial charge < -0.3 is 15.0 Å². The molecule has 122 valence electrons. The Bertz CT molecular complexity index is 949. The smallest absolute Gasteiger partial charge is 0.253 e. The molecule has 0 atom stereocenters. The molecule has 0 bridgehead atoms. The first-order valence-electron chi connectivity index (χ1n) is 7.30. The first-order valence-corrected chi connectivity index (χ1v) is 7.68. The first-order chi connectivity index (χ1) is 11.6. The van der Waals surface area contributed by atoms with Crippen molar-refractivity contribution in [3.8, 4) is 5.75 Å². The number of amides is 1. The lowest BCUT2D eigenvalue weighted by Crippen LogP contribution is -2.26. The number of pyridine rings is 1. The number of ether oxygens (including phenoxy) is 1. The molecule has 1 aromatic heterocycles. The maximum atomic E-state index is 12.1. The van der Waals surface area contributed by atoms with E-state index < -0.39 is 0 Å². The topological polar surface area (TPSA) is 71.2 Å². The van der Waals surface area contributed by atoms with Gasteiger partial charge >= 0.3 is 0 Å². The molecule has 0 aliphatic heterocycles. The molecular weight excluding hydrogens is 328 g/mol. The summed E-state index contributed by atoms with van der Waals surface area (Å²) in [7, 11) is 1.58. The van der Waals surface area contributed by atoms with E-state index in [0.29, 0.717) is 27.4 Å². The summed E-state index contributed by atoms with van der Waals surface area (Å²) in [5.74, 6) is 0.433. The van der Waals surface area contributed by atoms with Crippen LogP contribution in [-0.4, -0.2) is 18.0 Å². The van der Waals surface area contributed by atoms with Gasteiger partial charge in [-0.1, -0.05) is 11.6 Å². The average molecular weight is 343 g/mol. The van der Waals surface area contributed by atoms with E-state index in [2.05, 4.69) is 10.3 Å². The van der Waals surface area contributed by atoms with Crippen LogP contribution in [-0.2, 0) is 6.54 Å². The van der Waals surface area contributed by atoms with Crippen LogP contribution in [0, 0.1) is 0 Å². The predicted molar refractivity (Wildman–Crippen MR) is 93.7 cm³/mol. The zero-order valence-electron chi connectivity index (χ0n) is 12.9. The van der Waals surface area contributed by atoms with Gasteiger partial charge in [0.1, 0.15) is 5.75 Å². The molecule has 0 saturated carbocycles. The summed E-state index contributed by atoms with van der Waals surface area (Å²) in [5.41, 5.74) is 1.44. The number of carbonyl (C=O) groups excluding carboxylic acids is 1. The number of halogens is 1. The minimum absolute atomic E-state index is 0.129. The Hall–Kier alpha value is -2.79. The Balaban J connectivity index is 1.81. The van der Waals surface area contributed by atoms with E-state index in [1.54, 1.807) is 49.6 Å². The maximum Gasteiger partial charge on any atom is 0.253 e. The number of hydrogen-bond donors (Lipinski definition) is 2. The fraction of sp³-hybridized carbons (Fsp3) is 0.111. The second-order valence-corrected chi connectivity index (χ2v) is 5.70. The van der Waals surface area contributed by atoms with Crippen molar-refractivity contribution in [1.29, 1.82) is 0 Å². The largest absolute Gasteiger partial charge is 0.497 e. The minimum Gasteiger partial charge on any atom is -0.497 e. The van der Waals surface area contributed by atoms with Crippen molar-refractivity contribution in [3.63, 3.8) is 0 Å². The zero-order chi connectivity index (χ0) is 17.1. The van der Waals surface area contributed by atoms with Crippen LogP contribution in [0.25, 0.3) is 10.9 Å². The SMILES string of the molecule is COc1ccc2[nH]c(=O)c(CNC(=O)c3ccc(Cl)cc3)cc2c1. The number of hydrogen-bond acceptors (Lipinski definition) is 3. The number of H-pyrrole nitrogens is 1. The number of benzene rings is 2. The van der Waals surface area contributed by atoms with Crippen LogP contribution in [0.3, 0.4) is 0 Å². The predicted octanol–water partition coefficient (Wildman–Crippen LogP) is 3.12. The maximum absolute atomic E-state index is 12.1. The molecule has 1 amide bonds. The van der Waals surface area contributed by atoms with Crippen LogP contribution in [0.2, 0.25) is 5.02 Å². The Kier molecular flexibility index (Phi) is 4.53. The van der Waals surface area contributed by atoms with Gasteiger partial charge in [-0.3, -0.25) is 9.59 Å². The molecule has 6 heteroatoms. The Labute approximate surface area is 143 Å². The lowest BCUT2D eigenvalue weighted by molar-refractivity contribution is 0.0951. The van der Waals surface area contributed by atoms with Crippen molar-refractivity contribution in [1.82, 2.24) is 10.3 Å². The van der Waals surface area contributed by atoms with E-state index in [9.17, 15) is 9.59 Å². The van der Waals surface area contributed by atoms with Gasteiger partial charge in [0, 0.05) is 33.6 Å². The molecule has 1 heterocycles. The van der Waals surface area contributed by atoms with Crippen LogP contribution in [0.4, 0.5) is 0 Å². The molecule has 0 aliphatic carbocycles. The molecule has 5 nitrogen and oxygen atoms in total. The van der Waals surface area contributed by atoms with Crippen LogP contribution < -0.4 is 15.6 Å². The molecule has 3 rings (SSSR count). The zero-order valence-corrected chi connectivity index (χ0v) is 13.7. The highest BCUT2D eigenvalue weighted by Crippen LogP contribution is 2.18. The summed E-state index contributed by atoms with van der Waals surface area (Å²) in [6.45, 7) is 0.129. The molecule has 0 spiro atoms. The second kappa shape index (κ2) is 6.76. The summed E-state index contributed by atoms with van der Waals surface area (Å²) in [6, 6.07) is 13.7. The third-order valence-corrected chi connectivity index (χ3v) is 3.93. The quantitative estimate of drug-likeness (QED) is 0.765. The molecule has 0 fully saturated rings. The van der Waals surface area contributed by atoms with Gasteiger partial charge in [0.2, 0.25) is 0 Å². The molecular formula is C18H15ClN2O3. The molecule has 0 unspecified atom stereocenters. The Morgan fingerprint density at radius 3 is 2.62 bits per heavy atom. The number of nitrogens with one attached hydrogen (secondary N) is 2. The fourth-order valence-electron chi connectivity index (χ4n) is 2.37. The van der Waals surface area contributed by atoms with Crippen molar-refractivity contribution < 1.29 is 9.53 Å². The molecule has 3 aromatic rings. The lowest BCUT2D eigenvalue weighted by atomic mass is 10.1. The number of carbonyl (C=O) groups is 1. The summed E-state index contributed by atoms with van der Waals surface area (Å²) in [5, 5.41) is 4.13. The molecule has 0 saturated heterocycles. The lowest BCUT2D eigenvalue weighted by Gasteiger charge is -2.07. The number of methoxy groups -OCH3 is 1. The summed E-state index contributed by atoms with van der Waals surface area (Å²) in [6.07, 6.45) is 0. The molecule has 0 radical (unpaired) electrons. The standard InChI is InChI=1S/C18H15ClN2O3/c1-24-15-6-7-16-12(9-15)8-13(18(23)21-16)10-20-17(22)11-2-4-14(19)5-3-11/h2-9H,10H2,1H3,(H,20,22)(H,21,23). The first kappa shape index (κ1) is 16.1. The normalized spacial score (nSPS) is 10.6. The van der Waals surface area contributed by atoms with E-state index in [1.165, 1.54) is 0 Å². The van der Waals surface area contributed by atoms with Gasteiger partial charge in [0.05, 0.1) is 7.11 Å². The summed E-state index contributed by atoms with van der Waals surface area (Å²) >= 11 is 5.80. The monoisotopic (exact) mass is 342 g/mol. The highest BCUT2D eigenvalue weighted by molar-refractivity contribution is 6.30. The molecule has 0 aliphatic rings. The Morgan fingerprint density at radius 1 is 1.17 bits per heavy atom. The van der Waals surface area contributed by atoms with Gasteiger partial charge in [0.15, 0.2) is 0 Å². The van der Waals surface area contributed by atoms with Crippen LogP contribution in [0.15, 0.2) is 53.3 Å². The van der Waals surface area contributed by atoms with Crippen LogP contribution in [0.1, 0.15) is 15.9 Å². The van der Waals surface area contributed by atoms with E-state index >= 15 is 0 Å². The van der Waals surface area contributed by atoms with E-state index in [-0.39, 0.29) is 18.0 Å². The van der Waals surface area contributed by atoms with E-state index in [4.69, 9.17) is 16.3 Å². The average Bonchev–Trinajstić information content (AvgIpc) is 2.60. The van der Waals surface area contributed by atoms with Gasteiger partial charge in [-0.15, -0.1) is 0 Å². The van der Waals surface area contributed by atoms with Crippen molar-refractivity contribution >= 4 is 28.4 Å². The molecule has 2 N–H and O–H groups in total. The number of aromatic nitrogens is 1. The van der Waals surface area contributed by atoms with Gasteiger partial charge in [0.25, 0.3) is 11.5 Å². The van der Waals surface area contributed by atoms with Crippen molar-refractivity contribution in [2.24, 2.45) is 0 Å². The number of fused-ring (bicyclic) bond motifs is 1. The molecule has 24 heavy (non-hydrogen) atoms. The molecule has 2 aromatic carbocycles. The number of rotatable bonds is 4. The number of aromatic amines is 1. The minimum atomic E-state index is -0.267. The highest BCUT2D eigenvalue weighted by Gasteiger charge is 2.08. The van der Waals surface area contributed by atoms with Gasteiger partial charge in [-0.25, -0.2) is 0 Å². The van der Waals surface area contributed by atoms with Crippen molar-refractivity contribution in [2.45, 2.75) is 6.54 Å². The van der Waals surface area contributed by atoms with Gasteiger partial charge in [-0.2, -0.15) is 0 Å². The van der Waals surface area contributed by atoms with E-state index in [1.807, 2.05) is 6.07 Å². The third-order valence-electron chi connectivity index (χ3n) is 3.67. The fourth-order valence-corrected chi connectivity index (χ4v) is 2.49. The second-order valence-electron chi connectivity index (χ2n) is 5.27. The van der Waals surface area contributed by atoms with Crippen LogP contribution >= 0.6 is 11.6 Å². The summed E-state index contributed by atoms with van der Waals surface area (Å²) < 4.78 is 5.19. The Morgan fingerprint density at radius 2 is 1.92 bits per heavy atom. The van der Waals surface area contributed by atoms with Crippen molar-refractivity contribution in [2.75, 3.05) is 7.11 Å².